The van der Waals surface area contributed by atoms with E-state index in [0.29, 0.717) is 12.3 Å². The molecular weight excluding hydrogens is 304 g/mol. The Bertz CT molecular complexity index is 664. The molecule has 1 aromatic rings. The molecule has 2 fully saturated rings. The molecule has 4 atom stereocenters. The number of aryl methyl sites for hydroxylation is 1. The number of ether oxygens (including phenoxy) is 1. The van der Waals surface area contributed by atoms with Crippen molar-refractivity contribution in [2.75, 3.05) is 7.11 Å². The Balaban J connectivity index is 1.76. The van der Waals surface area contributed by atoms with Crippen LogP contribution in [0, 0.1) is 24.7 Å². The number of hydrogen-bond donors (Lipinski definition) is 0. The molecule has 6 heteroatoms. The van der Waals surface area contributed by atoms with Gasteiger partial charge in [-0.25, -0.2) is 0 Å². The molecule has 0 spiro atoms. The van der Waals surface area contributed by atoms with Crippen LogP contribution in [0.15, 0.2) is 29.2 Å². The second kappa shape index (κ2) is 5.66. The van der Waals surface area contributed by atoms with E-state index in [4.69, 9.17) is 8.92 Å². The highest BCUT2D eigenvalue weighted by atomic mass is 32.2. The molecule has 2 bridgehead atoms. The van der Waals surface area contributed by atoms with Crippen molar-refractivity contribution in [1.29, 1.82) is 0 Å². The van der Waals surface area contributed by atoms with E-state index < -0.39 is 16.2 Å². The van der Waals surface area contributed by atoms with E-state index in [9.17, 15) is 13.2 Å². The van der Waals surface area contributed by atoms with Gasteiger partial charge in [0.05, 0.1) is 24.0 Å². The fourth-order valence-electron chi connectivity index (χ4n) is 3.74. The minimum absolute atomic E-state index is 0.0577. The average Bonchev–Trinajstić information content (AvgIpc) is 3.06. The minimum Gasteiger partial charge on any atom is -0.469 e. The number of rotatable bonds is 4. The summed E-state index contributed by atoms with van der Waals surface area (Å²) in [6.07, 6.45) is 1.90. The van der Waals surface area contributed by atoms with Crippen molar-refractivity contribution < 1.29 is 22.1 Å². The fourth-order valence-corrected chi connectivity index (χ4v) is 4.87. The van der Waals surface area contributed by atoms with Gasteiger partial charge in [-0.15, -0.1) is 0 Å². The molecule has 1 aromatic carbocycles. The standard InChI is InChI=1S/C16H20O5S/c1-10-3-5-12(6-4-10)22(18,19)21-15-9-11-7-13(15)14(8-11)16(17)20-2/h3-6,11,13-15H,7-9H2,1-2H3/t11?,13?,14-,15+/m0/s1. The largest absolute Gasteiger partial charge is 0.469 e. The highest BCUT2D eigenvalue weighted by Crippen LogP contribution is 2.50. The highest BCUT2D eigenvalue weighted by Gasteiger charge is 2.51. The van der Waals surface area contributed by atoms with E-state index in [1.165, 1.54) is 7.11 Å². The molecule has 120 valence electrons. The molecule has 0 amide bonds. The van der Waals surface area contributed by atoms with Gasteiger partial charge in [0.15, 0.2) is 0 Å². The zero-order valence-electron chi connectivity index (χ0n) is 12.7. The Hall–Kier alpha value is -1.40. The van der Waals surface area contributed by atoms with Gasteiger partial charge in [-0.2, -0.15) is 8.42 Å². The number of methoxy groups -OCH3 is 1. The van der Waals surface area contributed by atoms with E-state index in [1.807, 2.05) is 6.92 Å². The maximum absolute atomic E-state index is 12.4. The molecule has 2 unspecified atom stereocenters. The molecule has 2 saturated carbocycles. The zero-order valence-corrected chi connectivity index (χ0v) is 13.5. The lowest BCUT2D eigenvalue weighted by molar-refractivity contribution is -0.148. The predicted octanol–water partition coefficient (Wildman–Crippen LogP) is 2.29. The van der Waals surface area contributed by atoms with E-state index in [2.05, 4.69) is 0 Å². The van der Waals surface area contributed by atoms with Crippen LogP contribution >= 0.6 is 0 Å². The number of hydrogen-bond acceptors (Lipinski definition) is 5. The zero-order chi connectivity index (χ0) is 15.9. The third kappa shape index (κ3) is 2.77. The fraction of sp³-hybridized carbons (Fsp3) is 0.562. The molecule has 0 saturated heterocycles. The van der Waals surface area contributed by atoms with Crippen molar-refractivity contribution in [1.82, 2.24) is 0 Å². The van der Waals surface area contributed by atoms with Crippen LogP contribution in [-0.4, -0.2) is 27.6 Å². The van der Waals surface area contributed by atoms with Gasteiger partial charge in [-0.3, -0.25) is 8.98 Å². The quantitative estimate of drug-likeness (QED) is 0.628. The van der Waals surface area contributed by atoms with Gasteiger partial charge in [0.25, 0.3) is 10.1 Å². The Morgan fingerprint density at radius 3 is 2.41 bits per heavy atom. The van der Waals surface area contributed by atoms with E-state index in [0.717, 1.165) is 18.4 Å². The lowest BCUT2D eigenvalue weighted by Gasteiger charge is -2.27. The molecule has 3 rings (SSSR count). The first kappa shape index (κ1) is 15.5. The summed E-state index contributed by atoms with van der Waals surface area (Å²) in [6.45, 7) is 1.90. The maximum Gasteiger partial charge on any atom is 0.309 e. The lowest BCUT2D eigenvalue weighted by atomic mass is 9.87. The predicted molar refractivity (Wildman–Crippen MR) is 79.6 cm³/mol. The molecular formula is C16H20O5S. The number of esters is 1. The van der Waals surface area contributed by atoms with Gasteiger partial charge in [0.2, 0.25) is 0 Å². The third-order valence-corrected chi connectivity index (χ3v) is 6.17. The van der Waals surface area contributed by atoms with Gasteiger partial charge >= 0.3 is 5.97 Å². The van der Waals surface area contributed by atoms with Crippen molar-refractivity contribution in [2.45, 2.75) is 37.2 Å². The lowest BCUT2D eigenvalue weighted by Crippen LogP contribution is -2.34. The second-order valence-corrected chi connectivity index (χ2v) is 7.84. The summed E-state index contributed by atoms with van der Waals surface area (Å²) in [6, 6.07) is 6.59. The van der Waals surface area contributed by atoms with Crippen LogP contribution < -0.4 is 0 Å². The van der Waals surface area contributed by atoms with Crippen LogP contribution in [0.1, 0.15) is 24.8 Å². The van der Waals surface area contributed by atoms with Gasteiger partial charge in [-0.1, -0.05) is 17.7 Å². The normalized spacial score (nSPS) is 30.5. The molecule has 0 heterocycles. The second-order valence-electron chi connectivity index (χ2n) is 6.27. The van der Waals surface area contributed by atoms with Crippen LogP contribution in [0.2, 0.25) is 0 Å². The minimum atomic E-state index is -3.79. The smallest absolute Gasteiger partial charge is 0.309 e. The first-order valence-corrected chi connectivity index (χ1v) is 8.89. The van der Waals surface area contributed by atoms with Crippen LogP contribution in [0.3, 0.4) is 0 Å². The molecule has 0 radical (unpaired) electrons. The molecule has 0 aromatic heterocycles. The Morgan fingerprint density at radius 2 is 1.82 bits per heavy atom. The summed E-state index contributed by atoms with van der Waals surface area (Å²) in [4.78, 5) is 12.0. The van der Waals surface area contributed by atoms with Crippen LogP contribution in [0.5, 0.6) is 0 Å². The number of carbonyl (C=O) groups is 1. The van der Waals surface area contributed by atoms with Crippen LogP contribution in [0.4, 0.5) is 0 Å². The Kier molecular flexibility index (Phi) is 3.99. The van der Waals surface area contributed by atoms with E-state index in [-0.39, 0.29) is 22.7 Å². The van der Waals surface area contributed by atoms with Gasteiger partial charge in [0, 0.05) is 5.92 Å². The maximum atomic E-state index is 12.4. The Morgan fingerprint density at radius 1 is 1.14 bits per heavy atom. The van der Waals surface area contributed by atoms with Crippen molar-refractivity contribution in [3.05, 3.63) is 29.8 Å². The van der Waals surface area contributed by atoms with Crippen molar-refractivity contribution >= 4 is 16.1 Å². The third-order valence-electron chi connectivity index (χ3n) is 4.82. The molecule has 0 aliphatic heterocycles. The van der Waals surface area contributed by atoms with Crippen LogP contribution in [0.25, 0.3) is 0 Å². The van der Waals surface area contributed by atoms with Crippen molar-refractivity contribution in [3.63, 3.8) is 0 Å². The van der Waals surface area contributed by atoms with Gasteiger partial charge < -0.3 is 4.74 Å². The highest BCUT2D eigenvalue weighted by molar-refractivity contribution is 7.86. The molecule has 5 nitrogen and oxygen atoms in total. The first-order valence-electron chi connectivity index (χ1n) is 7.48. The molecule has 2 aliphatic rings. The summed E-state index contributed by atoms with van der Waals surface area (Å²) in [5, 5.41) is 0. The van der Waals surface area contributed by atoms with Crippen molar-refractivity contribution in [3.8, 4) is 0 Å². The molecule has 0 N–H and O–H groups in total. The molecule has 22 heavy (non-hydrogen) atoms. The first-order chi connectivity index (χ1) is 10.4. The summed E-state index contributed by atoms with van der Waals surface area (Å²) < 4.78 is 35.0. The topological polar surface area (TPSA) is 69.7 Å². The van der Waals surface area contributed by atoms with Gasteiger partial charge in [-0.05, 0) is 44.2 Å². The summed E-state index contributed by atoms with van der Waals surface area (Å²) in [5.74, 6) is -0.194. The summed E-state index contributed by atoms with van der Waals surface area (Å²) in [5.41, 5.74) is 0.990. The number of carbonyl (C=O) groups excluding carboxylic acids is 1. The number of benzene rings is 1. The van der Waals surface area contributed by atoms with E-state index in [1.54, 1.807) is 24.3 Å². The van der Waals surface area contributed by atoms with Gasteiger partial charge in [0.1, 0.15) is 0 Å². The van der Waals surface area contributed by atoms with E-state index >= 15 is 0 Å². The summed E-state index contributed by atoms with van der Waals surface area (Å²) >= 11 is 0. The average molecular weight is 324 g/mol. The van der Waals surface area contributed by atoms with Crippen LogP contribution in [-0.2, 0) is 23.8 Å². The Labute approximate surface area is 130 Å². The SMILES string of the molecule is COC(=O)[C@H]1CC2CC1[C@H](OS(=O)(=O)c1ccc(C)cc1)C2. The molecule has 2 aliphatic carbocycles. The summed E-state index contributed by atoms with van der Waals surface area (Å²) in [7, 11) is -2.42. The monoisotopic (exact) mass is 324 g/mol. The van der Waals surface area contributed by atoms with Crippen molar-refractivity contribution in [2.24, 2.45) is 17.8 Å². The number of fused-ring (bicyclic) bond motifs is 2.